The Hall–Kier alpha value is -2.99. The molecule has 0 radical (unpaired) electrons. The van der Waals surface area contributed by atoms with E-state index in [4.69, 9.17) is 0 Å². The van der Waals surface area contributed by atoms with E-state index in [1.54, 1.807) is 29.6 Å². The molecule has 5 nitrogen and oxygen atoms in total. The van der Waals surface area contributed by atoms with Gasteiger partial charge in [-0.15, -0.1) is 11.3 Å². The van der Waals surface area contributed by atoms with E-state index in [0.29, 0.717) is 10.7 Å². The van der Waals surface area contributed by atoms with Crippen molar-refractivity contribution in [2.45, 2.75) is 13.8 Å². The number of carbonyl (C=O) groups is 2. The molecule has 1 aromatic heterocycles. The van der Waals surface area contributed by atoms with Gasteiger partial charge in [0.25, 0.3) is 11.8 Å². The lowest BCUT2D eigenvalue weighted by atomic mass is 10.1. The number of hydrogen-bond acceptors (Lipinski definition) is 4. The highest BCUT2D eigenvalue weighted by molar-refractivity contribution is 7.14. The number of nitrogens with one attached hydrogen (secondary N) is 2. The molecule has 3 aromatic rings. The average Bonchev–Trinajstić information content (AvgIpc) is 3.07. The van der Waals surface area contributed by atoms with Crippen LogP contribution in [0.4, 0.5) is 10.8 Å². The number of nitrogens with zero attached hydrogens (tertiary/aromatic N) is 1. The molecular weight excluding hydrogens is 334 g/mol. The standard InChI is InChI=1S/C19H17N3O2S/c1-12-8-9-15(13(2)10-12)20-18(24)16-11-25-19(21-16)22-17(23)14-6-4-3-5-7-14/h3-11H,1-2H3,(H,20,24)(H,21,22,23). The Kier molecular flexibility index (Phi) is 4.90. The van der Waals surface area contributed by atoms with Crippen LogP contribution in [0.2, 0.25) is 0 Å². The lowest BCUT2D eigenvalue weighted by molar-refractivity contribution is 0.101. The van der Waals surface area contributed by atoms with Crippen LogP contribution in [0.5, 0.6) is 0 Å². The van der Waals surface area contributed by atoms with Crippen LogP contribution < -0.4 is 10.6 Å². The average molecular weight is 351 g/mol. The molecule has 126 valence electrons. The maximum absolute atomic E-state index is 12.3. The van der Waals surface area contributed by atoms with Crippen LogP contribution in [0.25, 0.3) is 0 Å². The zero-order valence-corrected chi connectivity index (χ0v) is 14.7. The Morgan fingerprint density at radius 3 is 2.44 bits per heavy atom. The summed E-state index contributed by atoms with van der Waals surface area (Å²) in [6.07, 6.45) is 0. The number of rotatable bonds is 4. The summed E-state index contributed by atoms with van der Waals surface area (Å²) >= 11 is 1.21. The molecule has 0 fully saturated rings. The Labute approximate surface area is 149 Å². The van der Waals surface area contributed by atoms with Crippen molar-refractivity contribution in [3.8, 4) is 0 Å². The maximum atomic E-state index is 12.3. The van der Waals surface area contributed by atoms with Gasteiger partial charge in [-0.05, 0) is 37.6 Å². The zero-order valence-electron chi connectivity index (χ0n) is 13.9. The third-order valence-corrected chi connectivity index (χ3v) is 4.38. The summed E-state index contributed by atoms with van der Waals surface area (Å²) in [5, 5.41) is 7.56. The van der Waals surface area contributed by atoms with Crippen LogP contribution >= 0.6 is 11.3 Å². The van der Waals surface area contributed by atoms with Crippen molar-refractivity contribution in [3.05, 3.63) is 76.3 Å². The summed E-state index contributed by atoms with van der Waals surface area (Å²) in [7, 11) is 0. The van der Waals surface area contributed by atoms with Crippen molar-refractivity contribution >= 4 is 34.0 Å². The van der Waals surface area contributed by atoms with E-state index in [-0.39, 0.29) is 17.5 Å². The molecule has 0 saturated heterocycles. The van der Waals surface area contributed by atoms with Crippen LogP contribution in [0.15, 0.2) is 53.9 Å². The highest BCUT2D eigenvalue weighted by atomic mass is 32.1. The summed E-state index contributed by atoms with van der Waals surface area (Å²) in [6.45, 7) is 3.94. The predicted octanol–water partition coefficient (Wildman–Crippen LogP) is 4.26. The molecule has 0 bridgehead atoms. The second-order valence-corrected chi connectivity index (χ2v) is 6.49. The number of amides is 2. The first-order chi connectivity index (χ1) is 12.0. The zero-order chi connectivity index (χ0) is 17.8. The number of aryl methyl sites for hydroxylation is 2. The van der Waals surface area contributed by atoms with Gasteiger partial charge in [0.15, 0.2) is 5.13 Å². The van der Waals surface area contributed by atoms with E-state index in [0.717, 1.165) is 16.8 Å². The van der Waals surface area contributed by atoms with Crippen molar-refractivity contribution in [2.24, 2.45) is 0 Å². The van der Waals surface area contributed by atoms with Crippen LogP contribution in [0.3, 0.4) is 0 Å². The molecule has 2 amide bonds. The maximum Gasteiger partial charge on any atom is 0.275 e. The molecule has 0 saturated carbocycles. The van der Waals surface area contributed by atoms with Gasteiger partial charge < -0.3 is 5.32 Å². The first kappa shape index (κ1) is 16.9. The van der Waals surface area contributed by atoms with Crippen molar-refractivity contribution in [1.82, 2.24) is 4.98 Å². The monoisotopic (exact) mass is 351 g/mol. The van der Waals surface area contributed by atoms with E-state index >= 15 is 0 Å². The quantitative estimate of drug-likeness (QED) is 0.737. The summed E-state index contributed by atoms with van der Waals surface area (Å²) < 4.78 is 0. The van der Waals surface area contributed by atoms with E-state index in [2.05, 4.69) is 15.6 Å². The highest BCUT2D eigenvalue weighted by Crippen LogP contribution is 2.20. The lowest BCUT2D eigenvalue weighted by Gasteiger charge is -2.07. The van der Waals surface area contributed by atoms with Gasteiger partial charge in [0.2, 0.25) is 0 Å². The first-order valence-electron chi connectivity index (χ1n) is 7.73. The Balaban J connectivity index is 1.68. The van der Waals surface area contributed by atoms with Crippen molar-refractivity contribution in [3.63, 3.8) is 0 Å². The molecule has 0 unspecified atom stereocenters. The minimum Gasteiger partial charge on any atom is -0.320 e. The fourth-order valence-corrected chi connectivity index (χ4v) is 3.02. The molecule has 25 heavy (non-hydrogen) atoms. The van der Waals surface area contributed by atoms with Crippen LogP contribution in [-0.4, -0.2) is 16.8 Å². The van der Waals surface area contributed by atoms with Crippen LogP contribution in [-0.2, 0) is 0 Å². The highest BCUT2D eigenvalue weighted by Gasteiger charge is 2.14. The van der Waals surface area contributed by atoms with Gasteiger partial charge in [-0.3, -0.25) is 14.9 Å². The van der Waals surface area contributed by atoms with Gasteiger partial charge in [-0.1, -0.05) is 35.9 Å². The minimum absolute atomic E-state index is 0.253. The molecular formula is C19H17N3O2S. The number of aromatic nitrogens is 1. The van der Waals surface area contributed by atoms with Crippen molar-refractivity contribution in [2.75, 3.05) is 10.6 Å². The Bertz CT molecular complexity index is 919. The molecule has 6 heteroatoms. The van der Waals surface area contributed by atoms with Gasteiger partial charge >= 0.3 is 0 Å². The minimum atomic E-state index is -0.302. The van der Waals surface area contributed by atoms with Gasteiger partial charge in [0.05, 0.1) is 0 Å². The Morgan fingerprint density at radius 2 is 1.72 bits per heavy atom. The third-order valence-electron chi connectivity index (χ3n) is 3.62. The SMILES string of the molecule is Cc1ccc(NC(=O)c2csc(NC(=O)c3ccccc3)n2)c(C)c1. The van der Waals surface area contributed by atoms with E-state index in [1.165, 1.54) is 11.3 Å². The molecule has 0 aliphatic heterocycles. The molecule has 3 rings (SSSR count). The van der Waals surface area contributed by atoms with Gasteiger partial charge in [0.1, 0.15) is 5.69 Å². The fraction of sp³-hybridized carbons (Fsp3) is 0.105. The molecule has 2 aromatic carbocycles. The van der Waals surface area contributed by atoms with Crippen LogP contribution in [0, 0.1) is 13.8 Å². The second-order valence-electron chi connectivity index (χ2n) is 5.63. The number of benzene rings is 2. The number of anilines is 2. The summed E-state index contributed by atoms with van der Waals surface area (Å²) in [5.74, 6) is -0.556. The van der Waals surface area contributed by atoms with Gasteiger partial charge in [0, 0.05) is 16.6 Å². The van der Waals surface area contributed by atoms with E-state index in [9.17, 15) is 9.59 Å². The summed E-state index contributed by atoms with van der Waals surface area (Å²) in [4.78, 5) is 28.7. The molecule has 1 heterocycles. The molecule has 0 atom stereocenters. The largest absolute Gasteiger partial charge is 0.320 e. The normalized spacial score (nSPS) is 10.3. The third kappa shape index (κ3) is 4.10. The second kappa shape index (κ2) is 7.27. The number of carbonyl (C=O) groups excluding carboxylic acids is 2. The van der Waals surface area contributed by atoms with E-state index in [1.807, 2.05) is 38.1 Å². The Morgan fingerprint density at radius 1 is 0.960 bits per heavy atom. The topological polar surface area (TPSA) is 71.1 Å². The van der Waals surface area contributed by atoms with Crippen LogP contribution in [0.1, 0.15) is 32.0 Å². The summed E-state index contributed by atoms with van der Waals surface area (Å²) in [6, 6.07) is 14.7. The summed E-state index contributed by atoms with van der Waals surface area (Å²) in [5.41, 5.74) is 3.68. The molecule has 0 spiro atoms. The molecule has 0 aliphatic rings. The van der Waals surface area contributed by atoms with Crippen molar-refractivity contribution < 1.29 is 9.59 Å². The lowest BCUT2D eigenvalue weighted by Crippen LogP contribution is -2.14. The number of thiazole rings is 1. The molecule has 0 aliphatic carbocycles. The van der Waals surface area contributed by atoms with Gasteiger partial charge in [-0.2, -0.15) is 0 Å². The first-order valence-corrected chi connectivity index (χ1v) is 8.61. The predicted molar refractivity (Wildman–Crippen MR) is 100 cm³/mol. The molecule has 2 N–H and O–H groups in total. The number of hydrogen-bond donors (Lipinski definition) is 2. The van der Waals surface area contributed by atoms with Gasteiger partial charge in [-0.25, -0.2) is 4.98 Å². The smallest absolute Gasteiger partial charge is 0.275 e. The van der Waals surface area contributed by atoms with E-state index < -0.39 is 0 Å². The van der Waals surface area contributed by atoms with Crippen molar-refractivity contribution in [1.29, 1.82) is 0 Å². The fourth-order valence-electron chi connectivity index (χ4n) is 2.33.